The molecule has 0 amide bonds. The van der Waals surface area contributed by atoms with Gasteiger partial charge in [0.25, 0.3) is 0 Å². The summed E-state index contributed by atoms with van der Waals surface area (Å²) in [6.07, 6.45) is 3.46. The molecule has 0 aliphatic carbocycles. The third-order valence-electron chi connectivity index (χ3n) is 4.75. The van der Waals surface area contributed by atoms with E-state index in [9.17, 15) is 9.90 Å². The predicted molar refractivity (Wildman–Crippen MR) is 116 cm³/mol. The average molecular weight is 427 g/mol. The molecule has 3 rings (SSSR count). The molecule has 0 atom stereocenters. The number of aliphatic carboxylic acids is 1. The van der Waals surface area contributed by atoms with Crippen molar-refractivity contribution in [2.75, 3.05) is 31.2 Å². The molecule has 2 aromatic carbocycles. The Balaban J connectivity index is 0.00000341. The zero-order valence-electron chi connectivity index (χ0n) is 18.2. The summed E-state index contributed by atoms with van der Waals surface area (Å²) in [4.78, 5) is 22.3. The Morgan fingerprint density at radius 3 is 2.16 bits per heavy atom. The fourth-order valence-corrected chi connectivity index (χ4v) is 3.23. The molecular formula is C24H26N3NaO3. The quantitative estimate of drug-likeness (QED) is 0.321. The van der Waals surface area contributed by atoms with E-state index in [4.69, 9.17) is 14.7 Å². The molecule has 0 aliphatic rings. The minimum absolute atomic E-state index is 0. The number of aromatic nitrogens is 2. The van der Waals surface area contributed by atoms with Crippen molar-refractivity contribution in [3.05, 3.63) is 66.9 Å². The second-order valence-electron chi connectivity index (χ2n) is 6.87. The molecule has 0 unspecified atom stereocenters. The number of carbonyl (C=O) groups is 1. The third kappa shape index (κ3) is 7.43. The van der Waals surface area contributed by atoms with Gasteiger partial charge < -0.3 is 19.5 Å². The summed E-state index contributed by atoms with van der Waals surface area (Å²) in [5, 5.41) is 10.4. The van der Waals surface area contributed by atoms with Gasteiger partial charge in [-0.3, -0.25) is 4.98 Å². The van der Waals surface area contributed by atoms with Crippen LogP contribution in [0.5, 0.6) is 0 Å². The van der Waals surface area contributed by atoms with E-state index in [2.05, 4.69) is 11.8 Å². The van der Waals surface area contributed by atoms with Crippen LogP contribution in [-0.2, 0) is 9.53 Å². The van der Waals surface area contributed by atoms with Gasteiger partial charge in [0.1, 0.15) is 5.82 Å². The first kappa shape index (κ1) is 25.0. The Morgan fingerprint density at radius 1 is 0.968 bits per heavy atom. The van der Waals surface area contributed by atoms with E-state index in [1.54, 1.807) is 0 Å². The fourth-order valence-electron chi connectivity index (χ4n) is 3.23. The Kier molecular flexibility index (Phi) is 10.7. The van der Waals surface area contributed by atoms with Crippen LogP contribution in [0.4, 0.5) is 5.82 Å². The Hall–Kier alpha value is -2.25. The van der Waals surface area contributed by atoms with Crippen LogP contribution in [0.3, 0.4) is 0 Å². The number of ether oxygens (including phenoxy) is 1. The van der Waals surface area contributed by atoms with Gasteiger partial charge in [0.2, 0.25) is 0 Å². The molecule has 6 nitrogen and oxygen atoms in total. The van der Waals surface area contributed by atoms with E-state index in [0.29, 0.717) is 6.61 Å². The third-order valence-corrected chi connectivity index (χ3v) is 4.75. The number of carboxylic acids is 1. The number of rotatable bonds is 11. The van der Waals surface area contributed by atoms with Gasteiger partial charge in [-0.1, -0.05) is 60.7 Å². The number of hydrogen-bond acceptors (Lipinski definition) is 6. The van der Waals surface area contributed by atoms with Crippen molar-refractivity contribution in [3.63, 3.8) is 0 Å². The maximum atomic E-state index is 10.4. The summed E-state index contributed by atoms with van der Waals surface area (Å²) in [5.41, 5.74) is 3.77. The zero-order valence-corrected chi connectivity index (χ0v) is 20.2. The van der Waals surface area contributed by atoms with E-state index in [1.807, 2.05) is 66.9 Å². The van der Waals surface area contributed by atoms with Gasteiger partial charge in [0.15, 0.2) is 0 Å². The summed E-state index contributed by atoms with van der Waals surface area (Å²) in [6.45, 7) is 3.72. The molecule has 0 aliphatic heterocycles. The van der Waals surface area contributed by atoms with Crippen LogP contribution >= 0.6 is 0 Å². The van der Waals surface area contributed by atoms with Crippen molar-refractivity contribution >= 4 is 11.8 Å². The Labute approximate surface area is 205 Å². The monoisotopic (exact) mass is 427 g/mol. The van der Waals surface area contributed by atoms with Gasteiger partial charge in [-0.25, -0.2) is 4.98 Å². The van der Waals surface area contributed by atoms with E-state index < -0.39 is 5.97 Å². The summed E-state index contributed by atoms with van der Waals surface area (Å²) < 4.78 is 5.05. The van der Waals surface area contributed by atoms with Crippen LogP contribution in [0, 0.1) is 0 Å². The second kappa shape index (κ2) is 13.2. The van der Waals surface area contributed by atoms with Crippen LogP contribution in [0.2, 0.25) is 0 Å². The molecule has 0 radical (unpaired) electrons. The van der Waals surface area contributed by atoms with Gasteiger partial charge in [-0.2, -0.15) is 0 Å². The van der Waals surface area contributed by atoms with Crippen LogP contribution in [0.1, 0.15) is 19.8 Å². The van der Waals surface area contributed by atoms with E-state index in [0.717, 1.165) is 54.3 Å². The summed E-state index contributed by atoms with van der Waals surface area (Å²) in [5.74, 6) is -0.362. The number of anilines is 1. The molecule has 31 heavy (non-hydrogen) atoms. The molecule has 0 N–H and O–H groups in total. The van der Waals surface area contributed by atoms with Gasteiger partial charge in [0.05, 0.1) is 30.2 Å². The molecule has 3 aromatic rings. The minimum Gasteiger partial charge on any atom is -0.548 e. The van der Waals surface area contributed by atoms with E-state index >= 15 is 0 Å². The zero-order chi connectivity index (χ0) is 21.2. The molecule has 1 aromatic heterocycles. The van der Waals surface area contributed by atoms with Gasteiger partial charge >= 0.3 is 29.6 Å². The van der Waals surface area contributed by atoms with Crippen molar-refractivity contribution in [1.29, 1.82) is 0 Å². The number of carbonyl (C=O) groups excluding carboxylic acids is 1. The topological polar surface area (TPSA) is 78.4 Å². The normalized spacial score (nSPS) is 10.4. The molecule has 0 bridgehead atoms. The summed E-state index contributed by atoms with van der Waals surface area (Å²) >= 11 is 0. The molecule has 7 heteroatoms. The number of carboxylic acid groups (broad SMARTS) is 1. The van der Waals surface area contributed by atoms with Crippen molar-refractivity contribution < 1.29 is 44.2 Å². The first-order valence-electron chi connectivity index (χ1n) is 10.2. The number of hydrogen-bond donors (Lipinski definition) is 0. The van der Waals surface area contributed by atoms with Gasteiger partial charge in [-0.15, -0.1) is 0 Å². The molecule has 0 saturated heterocycles. The maximum Gasteiger partial charge on any atom is 1.00 e. The number of nitrogens with zero attached hydrogens (tertiary/aromatic N) is 3. The van der Waals surface area contributed by atoms with Crippen LogP contribution < -0.4 is 39.6 Å². The average Bonchev–Trinajstić information content (AvgIpc) is 2.79. The Bertz CT molecular complexity index is 939. The van der Waals surface area contributed by atoms with Crippen molar-refractivity contribution in [3.8, 4) is 22.5 Å². The number of unbranched alkanes of at least 4 members (excludes halogenated alkanes) is 1. The first-order chi connectivity index (χ1) is 14.7. The van der Waals surface area contributed by atoms with E-state index in [-0.39, 0.29) is 36.2 Å². The SMILES string of the molecule is CCN(CCCCOCC(=O)[O-])c1cnc(-c2ccccc2)c(-c2ccccc2)n1.[Na+]. The van der Waals surface area contributed by atoms with Crippen molar-refractivity contribution in [2.45, 2.75) is 19.8 Å². The van der Waals surface area contributed by atoms with Crippen LogP contribution in [0.15, 0.2) is 66.9 Å². The summed E-state index contributed by atoms with van der Waals surface area (Å²) in [7, 11) is 0. The van der Waals surface area contributed by atoms with Gasteiger partial charge in [0, 0.05) is 30.8 Å². The predicted octanol–water partition coefficient (Wildman–Crippen LogP) is 0.188. The second-order valence-corrected chi connectivity index (χ2v) is 6.87. The van der Waals surface area contributed by atoms with Crippen molar-refractivity contribution in [2.24, 2.45) is 0 Å². The molecule has 156 valence electrons. The minimum atomic E-state index is -1.19. The first-order valence-corrected chi connectivity index (χ1v) is 10.2. The molecule has 0 fully saturated rings. The molecule has 0 spiro atoms. The summed E-state index contributed by atoms with van der Waals surface area (Å²) in [6, 6.07) is 20.2. The maximum absolute atomic E-state index is 10.4. The standard InChI is InChI=1S/C24H27N3O3.Na/c1-2-27(15-9-10-16-30-18-22(28)29)21-17-25-23(19-11-5-3-6-12-19)24(26-21)20-13-7-4-8-14-20;/h3-8,11-14,17H,2,9-10,15-16,18H2,1H3,(H,28,29);/q;+1/p-1. The number of benzene rings is 2. The Morgan fingerprint density at radius 2 is 1.58 bits per heavy atom. The van der Waals surface area contributed by atoms with E-state index in [1.165, 1.54) is 0 Å². The molecule has 1 heterocycles. The molecule has 0 saturated carbocycles. The van der Waals surface area contributed by atoms with Crippen LogP contribution in [-0.4, -0.2) is 42.2 Å². The molecular weight excluding hydrogens is 401 g/mol. The fraction of sp³-hybridized carbons (Fsp3) is 0.292. The van der Waals surface area contributed by atoms with Gasteiger partial charge in [-0.05, 0) is 19.8 Å². The smallest absolute Gasteiger partial charge is 0.548 e. The van der Waals surface area contributed by atoms with Crippen molar-refractivity contribution in [1.82, 2.24) is 9.97 Å². The largest absolute Gasteiger partial charge is 1.00 e. The van der Waals surface area contributed by atoms with Crippen LogP contribution in [0.25, 0.3) is 22.5 Å².